The first-order valence-corrected chi connectivity index (χ1v) is 8.65. The van der Waals surface area contributed by atoms with Crippen molar-refractivity contribution in [2.75, 3.05) is 26.7 Å². The Morgan fingerprint density at radius 3 is 2.96 bits per heavy atom. The molecular formula is C15H17N3O4S. The van der Waals surface area contributed by atoms with Gasteiger partial charge in [-0.2, -0.15) is 4.31 Å². The predicted molar refractivity (Wildman–Crippen MR) is 84.3 cm³/mol. The second-order valence-electron chi connectivity index (χ2n) is 5.16. The number of carbonyl (C=O) groups is 1. The first kappa shape index (κ1) is 15.9. The second kappa shape index (κ2) is 6.23. The highest BCUT2D eigenvalue weighted by Crippen LogP contribution is 2.25. The van der Waals surface area contributed by atoms with Crippen molar-refractivity contribution < 1.29 is 17.9 Å². The van der Waals surface area contributed by atoms with Crippen molar-refractivity contribution >= 4 is 26.8 Å². The number of benzene rings is 1. The average Bonchev–Trinajstić information content (AvgIpc) is 2.60. The van der Waals surface area contributed by atoms with E-state index in [-0.39, 0.29) is 30.5 Å². The van der Waals surface area contributed by atoms with E-state index in [4.69, 9.17) is 4.74 Å². The molecule has 1 amide bonds. The van der Waals surface area contributed by atoms with E-state index in [0.717, 1.165) is 0 Å². The first-order chi connectivity index (χ1) is 11.0. The van der Waals surface area contributed by atoms with E-state index in [1.807, 2.05) is 0 Å². The molecule has 3 rings (SSSR count). The summed E-state index contributed by atoms with van der Waals surface area (Å²) in [5.41, 5.74) is 0.615. The van der Waals surface area contributed by atoms with Crippen molar-refractivity contribution in [3.05, 3.63) is 36.5 Å². The molecule has 23 heavy (non-hydrogen) atoms. The number of hydrogen-bond donors (Lipinski definition) is 1. The third kappa shape index (κ3) is 2.92. The first-order valence-electron chi connectivity index (χ1n) is 7.21. The van der Waals surface area contributed by atoms with Gasteiger partial charge in [-0.15, -0.1) is 0 Å². The number of amides is 1. The molecule has 0 radical (unpaired) electrons. The van der Waals surface area contributed by atoms with Crippen LogP contribution in [0.15, 0.2) is 41.4 Å². The summed E-state index contributed by atoms with van der Waals surface area (Å²) in [5.74, 6) is -0.329. The lowest BCUT2D eigenvalue weighted by Gasteiger charge is -2.31. The molecule has 8 heteroatoms. The molecule has 1 fully saturated rings. The fraction of sp³-hybridized carbons (Fsp3) is 0.333. The van der Waals surface area contributed by atoms with E-state index < -0.39 is 16.1 Å². The fourth-order valence-electron chi connectivity index (χ4n) is 2.60. The van der Waals surface area contributed by atoms with E-state index in [9.17, 15) is 13.2 Å². The molecule has 7 nitrogen and oxygen atoms in total. The van der Waals surface area contributed by atoms with Crippen LogP contribution in [0.2, 0.25) is 0 Å². The van der Waals surface area contributed by atoms with Crippen LogP contribution in [0.1, 0.15) is 0 Å². The molecule has 1 aromatic heterocycles. The Kier molecular flexibility index (Phi) is 4.29. The molecule has 1 atom stereocenters. The second-order valence-corrected chi connectivity index (χ2v) is 7.07. The van der Waals surface area contributed by atoms with E-state index >= 15 is 0 Å². The van der Waals surface area contributed by atoms with Crippen LogP contribution in [-0.2, 0) is 19.6 Å². The van der Waals surface area contributed by atoms with Crippen LogP contribution < -0.4 is 5.32 Å². The van der Waals surface area contributed by atoms with Gasteiger partial charge in [0, 0.05) is 31.7 Å². The largest absolute Gasteiger partial charge is 0.366 e. The zero-order chi connectivity index (χ0) is 16.4. The van der Waals surface area contributed by atoms with Gasteiger partial charge in [-0.1, -0.05) is 6.07 Å². The lowest BCUT2D eigenvalue weighted by Crippen LogP contribution is -2.50. The third-order valence-electron chi connectivity index (χ3n) is 3.79. The quantitative estimate of drug-likeness (QED) is 0.875. The summed E-state index contributed by atoms with van der Waals surface area (Å²) in [5, 5.41) is 3.05. The summed E-state index contributed by atoms with van der Waals surface area (Å²) < 4.78 is 32.6. The van der Waals surface area contributed by atoms with Crippen LogP contribution >= 0.6 is 0 Å². The number of nitrogens with zero attached hydrogens (tertiary/aromatic N) is 2. The Balaban J connectivity index is 1.99. The Bertz CT molecular complexity index is 832. The van der Waals surface area contributed by atoms with E-state index in [2.05, 4.69) is 10.3 Å². The van der Waals surface area contributed by atoms with Gasteiger partial charge in [0.2, 0.25) is 15.9 Å². The number of hydrogen-bond acceptors (Lipinski definition) is 5. The summed E-state index contributed by atoms with van der Waals surface area (Å²) in [6.07, 6.45) is 0.825. The lowest BCUT2D eigenvalue weighted by molar-refractivity contribution is -0.135. The van der Waals surface area contributed by atoms with Crippen molar-refractivity contribution in [2.45, 2.75) is 11.0 Å². The van der Waals surface area contributed by atoms with Gasteiger partial charge in [0.15, 0.2) is 0 Å². The van der Waals surface area contributed by atoms with Gasteiger partial charge in [-0.3, -0.25) is 9.78 Å². The molecule has 1 aliphatic rings. The smallest absolute Gasteiger partial charge is 0.250 e. The van der Waals surface area contributed by atoms with Gasteiger partial charge in [-0.25, -0.2) is 8.42 Å². The number of sulfonamides is 1. The Hall–Kier alpha value is -2.03. The van der Waals surface area contributed by atoms with Crippen LogP contribution in [-0.4, -0.2) is 56.5 Å². The molecule has 0 bridgehead atoms. The van der Waals surface area contributed by atoms with Gasteiger partial charge in [-0.05, 0) is 24.3 Å². The molecule has 2 aromatic rings. The van der Waals surface area contributed by atoms with E-state index in [1.165, 1.54) is 11.4 Å². The number of carbonyl (C=O) groups excluding carboxylic acids is 1. The summed E-state index contributed by atoms with van der Waals surface area (Å²) >= 11 is 0. The van der Waals surface area contributed by atoms with Gasteiger partial charge in [0.25, 0.3) is 0 Å². The van der Waals surface area contributed by atoms with Crippen LogP contribution in [0.3, 0.4) is 0 Å². The highest BCUT2D eigenvalue weighted by molar-refractivity contribution is 7.89. The highest BCUT2D eigenvalue weighted by Gasteiger charge is 2.34. The molecule has 2 heterocycles. The van der Waals surface area contributed by atoms with Gasteiger partial charge in [0.05, 0.1) is 17.0 Å². The summed E-state index contributed by atoms with van der Waals surface area (Å²) in [6, 6.07) is 8.42. The molecule has 1 aromatic carbocycles. The van der Waals surface area contributed by atoms with Crippen molar-refractivity contribution in [2.24, 2.45) is 0 Å². The zero-order valence-corrected chi connectivity index (χ0v) is 13.4. The molecule has 1 saturated heterocycles. The maximum absolute atomic E-state index is 13.0. The molecule has 1 N–H and O–H groups in total. The minimum Gasteiger partial charge on any atom is -0.366 e. The van der Waals surface area contributed by atoms with Crippen LogP contribution in [0.4, 0.5) is 0 Å². The molecule has 1 unspecified atom stereocenters. The summed E-state index contributed by atoms with van der Waals surface area (Å²) in [7, 11) is -2.23. The number of likely N-dealkylation sites (N-methyl/N-ethyl adjacent to an activating group) is 1. The van der Waals surface area contributed by atoms with Gasteiger partial charge in [0.1, 0.15) is 6.10 Å². The predicted octanol–water partition coefficient (Wildman–Crippen LogP) is 0.370. The van der Waals surface area contributed by atoms with Crippen molar-refractivity contribution in [3.8, 4) is 0 Å². The maximum atomic E-state index is 13.0. The third-order valence-corrected chi connectivity index (χ3v) is 5.71. The number of pyridine rings is 1. The number of aromatic nitrogens is 1. The van der Waals surface area contributed by atoms with E-state index in [1.54, 1.807) is 36.5 Å². The molecule has 0 saturated carbocycles. The van der Waals surface area contributed by atoms with Crippen LogP contribution in [0.25, 0.3) is 10.9 Å². The van der Waals surface area contributed by atoms with Crippen LogP contribution in [0.5, 0.6) is 0 Å². The lowest BCUT2D eigenvalue weighted by atomic mass is 10.2. The van der Waals surface area contributed by atoms with Crippen LogP contribution in [0, 0.1) is 0 Å². The number of fused-ring (bicyclic) bond motifs is 1. The Labute approximate surface area is 134 Å². The molecule has 0 spiro atoms. The Morgan fingerprint density at radius 2 is 2.17 bits per heavy atom. The fourth-order valence-corrected chi connectivity index (χ4v) is 4.23. The minimum absolute atomic E-state index is 0.00133. The average molecular weight is 335 g/mol. The number of ether oxygens (including phenoxy) is 1. The van der Waals surface area contributed by atoms with Gasteiger partial charge >= 0.3 is 0 Å². The van der Waals surface area contributed by atoms with Crippen molar-refractivity contribution in [3.63, 3.8) is 0 Å². The van der Waals surface area contributed by atoms with Crippen molar-refractivity contribution in [1.82, 2.24) is 14.6 Å². The zero-order valence-electron chi connectivity index (χ0n) is 12.6. The minimum atomic E-state index is -3.73. The number of morpholine rings is 1. The molecular weight excluding hydrogens is 318 g/mol. The van der Waals surface area contributed by atoms with E-state index in [0.29, 0.717) is 10.9 Å². The molecule has 122 valence electrons. The van der Waals surface area contributed by atoms with Crippen molar-refractivity contribution in [1.29, 1.82) is 0 Å². The maximum Gasteiger partial charge on any atom is 0.250 e. The molecule has 1 aliphatic heterocycles. The topological polar surface area (TPSA) is 88.6 Å². The number of rotatable bonds is 3. The SMILES string of the molecule is CNC(=O)C1CN(S(=O)(=O)c2cccc3ncccc23)CCO1. The highest BCUT2D eigenvalue weighted by atomic mass is 32.2. The van der Waals surface area contributed by atoms with Gasteiger partial charge < -0.3 is 10.1 Å². The standard InChI is InChI=1S/C15H17N3O4S/c1-16-15(19)13-10-18(8-9-22-13)23(20,21)14-6-2-5-12-11(14)4-3-7-17-12/h2-7,13H,8-10H2,1H3,(H,16,19). The normalized spacial score (nSPS) is 19.6. The Morgan fingerprint density at radius 1 is 1.35 bits per heavy atom. The summed E-state index contributed by atoms with van der Waals surface area (Å²) in [4.78, 5) is 16.1. The summed E-state index contributed by atoms with van der Waals surface area (Å²) in [6.45, 7) is 0.394. The molecule has 0 aliphatic carbocycles. The number of nitrogens with one attached hydrogen (secondary N) is 1. The monoisotopic (exact) mass is 335 g/mol.